The quantitative estimate of drug-likeness (QED) is 0.902. The lowest BCUT2D eigenvalue weighted by molar-refractivity contribution is 0.214. The third kappa shape index (κ3) is 2.81. The van der Waals surface area contributed by atoms with Crippen molar-refractivity contribution in [3.8, 4) is 0 Å². The Labute approximate surface area is 107 Å². The Morgan fingerprint density at radius 1 is 1.39 bits per heavy atom. The molecule has 2 rings (SSSR count). The first kappa shape index (κ1) is 12.9. The van der Waals surface area contributed by atoms with E-state index in [0.717, 1.165) is 12.0 Å². The monoisotopic (exact) mass is 268 g/mol. The normalized spacial score (nSPS) is 19.2. The van der Waals surface area contributed by atoms with Crippen molar-refractivity contribution in [2.24, 2.45) is 4.99 Å². The fourth-order valence-electron chi connectivity index (χ4n) is 1.58. The summed E-state index contributed by atoms with van der Waals surface area (Å²) in [6, 6.07) is 6.71. The van der Waals surface area contributed by atoms with Gasteiger partial charge in [-0.15, -0.1) is 0 Å². The van der Waals surface area contributed by atoms with Crippen LogP contribution < -0.4 is 4.72 Å². The molecule has 1 atom stereocenters. The fourth-order valence-corrected chi connectivity index (χ4v) is 2.53. The van der Waals surface area contributed by atoms with Crippen molar-refractivity contribution < 1.29 is 13.2 Å². The highest BCUT2D eigenvalue weighted by Crippen LogP contribution is 2.12. The first-order valence-corrected chi connectivity index (χ1v) is 7.30. The average Bonchev–Trinajstić information content (AvgIpc) is 2.76. The average molecular weight is 268 g/mol. The molecule has 0 saturated carbocycles. The molecule has 0 unspecified atom stereocenters. The maximum Gasteiger partial charge on any atom is 0.299 e. The van der Waals surface area contributed by atoms with Crippen molar-refractivity contribution in [2.75, 3.05) is 6.54 Å². The predicted octanol–water partition coefficient (Wildman–Crippen LogP) is 1.44. The van der Waals surface area contributed by atoms with Crippen LogP contribution in [-0.2, 0) is 14.8 Å². The molecule has 0 bridgehead atoms. The van der Waals surface area contributed by atoms with Crippen LogP contribution in [0, 0.1) is 6.92 Å². The number of aryl methyl sites for hydroxylation is 1. The van der Waals surface area contributed by atoms with E-state index in [4.69, 9.17) is 4.74 Å². The number of aliphatic imine (C=N–C) groups is 1. The van der Waals surface area contributed by atoms with Crippen molar-refractivity contribution in [1.29, 1.82) is 0 Å². The molecule has 5 nitrogen and oxygen atoms in total. The second kappa shape index (κ2) is 4.97. The lowest BCUT2D eigenvalue weighted by Gasteiger charge is -2.10. The van der Waals surface area contributed by atoms with Gasteiger partial charge < -0.3 is 4.74 Å². The Morgan fingerprint density at radius 2 is 2.06 bits per heavy atom. The van der Waals surface area contributed by atoms with Gasteiger partial charge in [-0.3, -0.25) is 0 Å². The molecule has 1 N–H and O–H groups in total. The minimum absolute atomic E-state index is 0.0271. The molecule has 18 heavy (non-hydrogen) atoms. The summed E-state index contributed by atoms with van der Waals surface area (Å²) in [4.78, 5) is 4.23. The summed E-state index contributed by atoms with van der Waals surface area (Å²) in [5.74, 6) is 0. The van der Waals surface area contributed by atoms with E-state index >= 15 is 0 Å². The van der Waals surface area contributed by atoms with Crippen molar-refractivity contribution in [3.63, 3.8) is 0 Å². The van der Waals surface area contributed by atoms with Crippen molar-refractivity contribution in [3.05, 3.63) is 29.8 Å². The Kier molecular flexibility index (Phi) is 3.56. The molecule has 0 radical (unpaired) electrons. The molecule has 1 aromatic rings. The van der Waals surface area contributed by atoms with E-state index in [9.17, 15) is 8.42 Å². The number of ether oxygens (including phenoxy) is 1. The smallest absolute Gasteiger partial charge is 0.299 e. The van der Waals surface area contributed by atoms with Gasteiger partial charge in [0.05, 0.1) is 11.4 Å². The van der Waals surface area contributed by atoms with E-state index in [1.165, 1.54) is 0 Å². The molecule has 6 heteroatoms. The summed E-state index contributed by atoms with van der Waals surface area (Å²) in [6.07, 6.45) is 0.778. The molecule has 1 aliphatic heterocycles. The SMILES string of the molecule is CC[C@@H]1CN=C(NS(=O)(=O)c2ccc(C)cc2)O1. The molecule has 0 fully saturated rings. The number of sulfonamides is 1. The van der Waals surface area contributed by atoms with Crippen molar-refractivity contribution in [2.45, 2.75) is 31.3 Å². The summed E-state index contributed by atoms with van der Waals surface area (Å²) >= 11 is 0. The minimum atomic E-state index is -3.60. The fraction of sp³-hybridized carbons (Fsp3) is 0.417. The van der Waals surface area contributed by atoms with Gasteiger partial charge in [0.25, 0.3) is 16.0 Å². The molecular formula is C12H16N2O3S. The van der Waals surface area contributed by atoms with Gasteiger partial charge in [-0.25, -0.2) is 18.1 Å². The van der Waals surface area contributed by atoms with Crippen LogP contribution in [0.2, 0.25) is 0 Å². The molecule has 1 aliphatic rings. The highest BCUT2D eigenvalue weighted by molar-refractivity contribution is 7.90. The van der Waals surface area contributed by atoms with E-state index < -0.39 is 10.0 Å². The van der Waals surface area contributed by atoms with Crippen LogP contribution in [0.5, 0.6) is 0 Å². The molecule has 0 aromatic heterocycles. The number of rotatable bonds is 3. The molecule has 0 aliphatic carbocycles. The first-order valence-electron chi connectivity index (χ1n) is 5.82. The van der Waals surface area contributed by atoms with Gasteiger partial charge in [0.15, 0.2) is 0 Å². The van der Waals surface area contributed by atoms with Crippen LogP contribution in [0.1, 0.15) is 18.9 Å². The van der Waals surface area contributed by atoms with E-state index in [1.807, 2.05) is 13.8 Å². The zero-order chi connectivity index (χ0) is 13.2. The lowest BCUT2D eigenvalue weighted by Crippen LogP contribution is -2.32. The van der Waals surface area contributed by atoms with Crippen LogP contribution in [-0.4, -0.2) is 27.1 Å². The van der Waals surface area contributed by atoms with Gasteiger partial charge in [-0.1, -0.05) is 24.6 Å². The van der Waals surface area contributed by atoms with Crippen LogP contribution in [0.15, 0.2) is 34.2 Å². The highest BCUT2D eigenvalue weighted by atomic mass is 32.2. The highest BCUT2D eigenvalue weighted by Gasteiger charge is 2.23. The number of hydrogen-bond acceptors (Lipinski definition) is 4. The summed E-state index contributed by atoms with van der Waals surface area (Å²) in [5, 5.41) is 0. The van der Waals surface area contributed by atoms with E-state index in [2.05, 4.69) is 9.71 Å². The van der Waals surface area contributed by atoms with Gasteiger partial charge in [-0.2, -0.15) is 0 Å². The van der Waals surface area contributed by atoms with Crippen LogP contribution >= 0.6 is 0 Å². The van der Waals surface area contributed by atoms with E-state index in [1.54, 1.807) is 24.3 Å². The predicted molar refractivity (Wildman–Crippen MR) is 69.0 cm³/mol. The second-order valence-corrected chi connectivity index (χ2v) is 5.89. The standard InChI is InChI=1S/C12H16N2O3S/c1-3-10-8-13-12(17-10)14-18(15,16)11-6-4-9(2)5-7-11/h4-7,10H,3,8H2,1-2H3,(H,13,14)/t10-/m1/s1. The zero-order valence-electron chi connectivity index (χ0n) is 10.4. The van der Waals surface area contributed by atoms with Gasteiger partial charge in [0, 0.05) is 0 Å². The van der Waals surface area contributed by atoms with Gasteiger partial charge in [0.1, 0.15) is 6.10 Å². The van der Waals surface area contributed by atoms with Crippen LogP contribution in [0.3, 0.4) is 0 Å². The largest absolute Gasteiger partial charge is 0.459 e. The number of hydrogen-bond donors (Lipinski definition) is 1. The van der Waals surface area contributed by atoms with Gasteiger partial charge >= 0.3 is 0 Å². The van der Waals surface area contributed by atoms with Crippen LogP contribution in [0.25, 0.3) is 0 Å². The number of nitrogens with one attached hydrogen (secondary N) is 1. The third-order valence-electron chi connectivity index (χ3n) is 2.73. The number of amidine groups is 1. The first-order chi connectivity index (χ1) is 8.51. The molecule has 0 amide bonds. The minimum Gasteiger partial charge on any atom is -0.459 e. The lowest BCUT2D eigenvalue weighted by atomic mass is 10.2. The summed E-state index contributed by atoms with van der Waals surface area (Å²) in [5.41, 5.74) is 1.01. The van der Waals surface area contributed by atoms with Crippen molar-refractivity contribution in [1.82, 2.24) is 4.72 Å². The molecule has 0 saturated heterocycles. The maximum atomic E-state index is 12.0. The summed E-state index contributed by atoms with van der Waals surface area (Å²) in [6.45, 7) is 4.37. The molecule has 0 spiro atoms. The second-order valence-electron chi connectivity index (χ2n) is 4.21. The van der Waals surface area contributed by atoms with E-state index in [-0.39, 0.29) is 17.0 Å². The van der Waals surface area contributed by atoms with Crippen LogP contribution in [0.4, 0.5) is 0 Å². The summed E-state index contributed by atoms with van der Waals surface area (Å²) < 4.78 is 31.8. The molecule has 98 valence electrons. The topological polar surface area (TPSA) is 67.8 Å². The Bertz CT molecular complexity index is 549. The number of benzene rings is 1. The molecular weight excluding hydrogens is 252 g/mol. The van der Waals surface area contributed by atoms with E-state index in [0.29, 0.717) is 6.54 Å². The Morgan fingerprint density at radius 3 is 2.61 bits per heavy atom. The van der Waals surface area contributed by atoms with Crippen molar-refractivity contribution >= 4 is 16.0 Å². The molecule has 1 heterocycles. The molecule has 1 aromatic carbocycles. The summed E-state index contributed by atoms with van der Waals surface area (Å²) in [7, 11) is -3.60. The Hall–Kier alpha value is -1.56. The van der Waals surface area contributed by atoms with Gasteiger partial charge in [-0.05, 0) is 25.5 Å². The maximum absolute atomic E-state index is 12.0. The third-order valence-corrected chi connectivity index (χ3v) is 4.06. The zero-order valence-corrected chi connectivity index (χ0v) is 11.2. The number of nitrogens with zero attached hydrogens (tertiary/aromatic N) is 1. The Balaban J connectivity index is 2.11. The van der Waals surface area contributed by atoms with Gasteiger partial charge in [0.2, 0.25) is 0 Å².